The number of aromatic amines is 1. The smallest absolute Gasteiger partial charge is 0.177 e. The van der Waals surface area contributed by atoms with Gasteiger partial charge in [-0.25, -0.2) is 9.98 Å². The second-order valence-electron chi connectivity index (χ2n) is 7.61. The molecular formula is C23H35ClN8S. The molecule has 0 spiro atoms. The van der Waals surface area contributed by atoms with Gasteiger partial charge in [-0.15, -0.1) is 11.6 Å². The molecule has 0 amide bonds. The predicted molar refractivity (Wildman–Crippen MR) is 143 cm³/mol. The molecule has 1 aromatic heterocycles. The van der Waals surface area contributed by atoms with E-state index >= 15 is 0 Å². The Balaban J connectivity index is 1.98. The van der Waals surface area contributed by atoms with Crippen molar-refractivity contribution in [2.75, 3.05) is 25.6 Å². The normalized spacial score (nSPS) is 13.7. The lowest BCUT2D eigenvalue weighted by atomic mass is 10.2. The van der Waals surface area contributed by atoms with E-state index < -0.39 is 0 Å². The number of unbranched alkanes of at least 4 members (excludes halogenated alkanes) is 2. The van der Waals surface area contributed by atoms with Gasteiger partial charge in [-0.3, -0.25) is 4.99 Å². The van der Waals surface area contributed by atoms with Crippen molar-refractivity contribution >= 4 is 42.1 Å². The van der Waals surface area contributed by atoms with Crippen LogP contribution in [-0.4, -0.2) is 58.4 Å². The van der Waals surface area contributed by atoms with E-state index in [1.165, 1.54) is 0 Å². The van der Waals surface area contributed by atoms with Crippen LogP contribution >= 0.6 is 23.8 Å². The van der Waals surface area contributed by atoms with Gasteiger partial charge in [0.25, 0.3) is 0 Å². The number of aliphatic imine (C=N–C) groups is 3. The molecular weight excluding hydrogens is 456 g/mol. The summed E-state index contributed by atoms with van der Waals surface area (Å²) in [5.41, 5.74) is 3.51. The van der Waals surface area contributed by atoms with Crippen LogP contribution in [0, 0.1) is 4.77 Å². The number of nitrogens with one attached hydrogen (secondary N) is 3. The summed E-state index contributed by atoms with van der Waals surface area (Å²) in [6, 6.07) is 0.236. The molecule has 2 rings (SSSR count). The second-order valence-corrected chi connectivity index (χ2v) is 8.27. The highest BCUT2D eigenvalue weighted by Gasteiger charge is 2.17. The van der Waals surface area contributed by atoms with Crippen LogP contribution < -0.4 is 10.6 Å². The number of alkyl halides is 1. The first-order valence-electron chi connectivity index (χ1n) is 11.1. The summed E-state index contributed by atoms with van der Waals surface area (Å²) in [6.45, 7) is 16.2. The number of aromatic nitrogens is 2. The van der Waals surface area contributed by atoms with Crippen molar-refractivity contribution in [1.29, 1.82) is 0 Å². The molecule has 0 bridgehead atoms. The zero-order valence-electron chi connectivity index (χ0n) is 19.7. The molecule has 10 heteroatoms. The summed E-state index contributed by atoms with van der Waals surface area (Å²) in [6.07, 6.45) is 8.43. The molecule has 8 nitrogen and oxygen atoms in total. The summed E-state index contributed by atoms with van der Waals surface area (Å²) in [5.74, 6) is 1.45. The van der Waals surface area contributed by atoms with Gasteiger partial charge in [-0.05, 0) is 44.4 Å². The molecule has 0 atom stereocenters. The van der Waals surface area contributed by atoms with E-state index in [2.05, 4.69) is 57.3 Å². The minimum absolute atomic E-state index is 0.236. The van der Waals surface area contributed by atoms with Gasteiger partial charge in [0.2, 0.25) is 0 Å². The first-order chi connectivity index (χ1) is 16.0. The number of amidine groups is 1. The Morgan fingerprint density at radius 3 is 2.76 bits per heavy atom. The second kappa shape index (κ2) is 13.8. The van der Waals surface area contributed by atoms with Crippen molar-refractivity contribution in [2.24, 2.45) is 22.0 Å². The van der Waals surface area contributed by atoms with E-state index in [1.807, 2.05) is 17.8 Å². The first-order valence-corrected chi connectivity index (χ1v) is 12.1. The van der Waals surface area contributed by atoms with E-state index in [0.717, 1.165) is 73.8 Å². The maximum absolute atomic E-state index is 5.96. The summed E-state index contributed by atoms with van der Waals surface area (Å²) in [5, 5.41) is 6.15. The Morgan fingerprint density at radius 2 is 2.15 bits per heavy atom. The van der Waals surface area contributed by atoms with E-state index in [1.54, 1.807) is 6.20 Å². The Labute approximate surface area is 207 Å². The molecule has 0 unspecified atom stereocenters. The largest absolute Gasteiger partial charge is 0.370 e. The summed E-state index contributed by atoms with van der Waals surface area (Å²) in [7, 11) is 1.94. The average molecular weight is 491 g/mol. The van der Waals surface area contributed by atoms with Crippen LogP contribution in [0.5, 0.6) is 0 Å². The summed E-state index contributed by atoms with van der Waals surface area (Å²) >= 11 is 11.2. The minimum Gasteiger partial charge on any atom is -0.370 e. The summed E-state index contributed by atoms with van der Waals surface area (Å²) < 4.78 is 2.61. The molecule has 0 fully saturated rings. The van der Waals surface area contributed by atoms with Crippen LogP contribution in [0.25, 0.3) is 0 Å². The third kappa shape index (κ3) is 7.43. The third-order valence-electron chi connectivity index (χ3n) is 5.38. The third-order valence-corrected chi connectivity index (χ3v) is 5.90. The van der Waals surface area contributed by atoms with E-state index in [9.17, 15) is 0 Å². The highest BCUT2D eigenvalue weighted by molar-refractivity contribution is 7.71. The number of halogens is 1. The first kappa shape index (κ1) is 26.6. The molecule has 1 aliphatic rings. The molecule has 3 N–H and O–H groups in total. The van der Waals surface area contributed by atoms with Crippen LogP contribution in [0.3, 0.4) is 0 Å². The van der Waals surface area contributed by atoms with Crippen LogP contribution in [0.1, 0.15) is 44.7 Å². The van der Waals surface area contributed by atoms with Crippen LogP contribution in [0.4, 0.5) is 0 Å². The Morgan fingerprint density at radius 1 is 1.39 bits per heavy atom. The van der Waals surface area contributed by atoms with Gasteiger partial charge in [-0.1, -0.05) is 26.5 Å². The number of hydrogen-bond acceptors (Lipinski definition) is 7. The number of nitrogens with zero attached hydrogens (tertiary/aromatic N) is 5. The fourth-order valence-corrected chi connectivity index (χ4v) is 3.82. The summed E-state index contributed by atoms with van der Waals surface area (Å²) in [4.78, 5) is 18.7. The Bertz CT molecular complexity index is 985. The van der Waals surface area contributed by atoms with E-state index in [-0.39, 0.29) is 6.00 Å². The molecule has 0 aromatic carbocycles. The van der Waals surface area contributed by atoms with Crippen LogP contribution in [-0.2, 0) is 7.05 Å². The van der Waals surface area contributed by atoms with E-state index in [0.29, 0.717) is 17.1 Å². The van der Waals surface area contributed by atoms with Gasteiger partial charge in [0.1, 0.15) is 11.5 Å². The molecule has 0 radical (unpaired) electrons. The minimum atomic E-state index is 0.236. The monoisotopic (exact) mass is 490 g/mol. The van der Waals surface area contributed by atoms with Crippen LogP contribution in [0.15, 0.2) is 57.7 Å². The fraction of sp³-hybridized carbons (Fsp3) is 0.478. The molecule has 2 heterocycles. The molecule has 33 heavy (non-hydrogen) atoms. The number of H-pyrrole nitrogens is 1. The van der Waals surface area contributed by atoms with Crippen molar-refractivity contribution in [3.05, 3.63) is 53.2 Å². The van der Waals surface area contributed by atoms with Crippen molar-refractivity contribution in [2.45, 2.75) is 39.0 Å². The lowest BCUT2D eigenvalue weighted by molar-refractivity contribution is 0.332. The van der Waals surface area contributed by atoms with Gasteiger partial charge in [0.15, 0.2) is 10.6 Å². The lowest BCUT2D eigenvalue weighted by Crippen LogP contribution is -2.31. The van der Waals surface area contributed by atoms with Gasteiger partial charge in [0.05, 0.1) is 29.7 Å². The molecule has 1 aliphatic heterocycles. The van der Waals surface area contributed by atoms with Crippen molar-refractivity contribution in [3.63, 3.8) is 0 Å². The Kier molecular flexibility index (Phi) is 11.1. The standard InChI is InChI=1S/C23H35ClN8S/c1-6-8-12-32(17(3)21(29-16-24)22(25-4)26-7-2)13-10-9-11-20-27-14-18(30-20)19-15-28-23(33)31(19)5/h7,15,26,29H,2-4,6,8-14,16H2,1,5H3,(H,28,33)/b22-21+. The van der Waals surface area contributed by atoms with Crippen molar-refractivity contribution in [1.82, 2.24) is 25.1 Å². The van der Waals surface area contributed by atoms with Crippen LogP contribution in [0.2, 0.25) is 0 Å². The number of rotatable bonds is 16. The lowest BCUT2D eigenvalue weighted by Gasteiger charge is -2.29. The zero-order chi connectivity index (χ0) is 24.2. The molecule has 180 valence electrons. The highest BCUT2D eigenvalue weighted by atomic mass is 35.5. The van der Waals surface area contributed by atoms with Gasteiger partial charge in [0, 0.05) is 32.8 Å². The molecule has 1 aromatic rings. The fourth-order valence-electron chi connectivity index (χ4n) is 3.53. The molecule has 0 aliphatic carbocycles. The van der Waals surface area contributed by atoms with Gasteiger partial charge >= 0.3 is 0 Å². The topological polar surface area (TPSA) is 85.1 Å². The zero-order valence-corrected chi connectivity index (χ0v) is 21.2. The maximum atomic E-state index is 5.96. The van der Waals surface area contributed by atoms with Gasteiger partial charge < -0.3 is 25.1 Å². The average Bonchev–Trinajstić information content (AvgIpc) is 3.41. The highest BCUT2D eigenvalue weighted by Crippen LogP contribution is 2.18. The van der Waals surface area contributed by atoms with Crippen molar-refractivity contribution in [3.8, 4) is 0 Å². The number of imidazole rings is 1. The maximum Gasteiger partial charge on any atom is 0.177 e. The molecule has 0 saturated heterocycles. The Hall–Kier alpha value is -2.65. The molecule has 0 saturated carbocycles. The van der Waals surface area contributed by atoms with E-state index in [4.69, 9.17) is 28.8 Å². The predicted octanol–water partition coefficient (Wildman–Crippen LogP) is 4.46. The SMILES string of the molecule is C=CN/C(N=C)=C(/NCCl)C(=C)N(CCCC)CCCCC1=NCC(c2c[nH]c(=S)n2C)=N1. The quantitative estimate of drug-likeness (QED) is 0.0797. The number of hydrogen-bond donors (Lipinski definition) is 3. The van der Waals surface area contributed by atoms with Crippen molar-refractivity contribution < 1.29 is 0 Å². The van der Waals surface area contributed by atoms with Gasteiger partial charge in [-0.2, -0.15) is 0 Å².